The molecule has 244 valence electrons. The number of carbonyl (C=O) groups excluding carboxylic acids is 5. The van der Waals surface area contributed by atoms with Crippen LogP contribution in [0.4, 0.5) is 4.79 Å². The van der Waals surface area contributed by atoms with Gasteiger partial charge in [0, 0.05) is 23.7 Å². The lowest BCUT2D eigenvalue weighted by molar-refractivity contribution is -0.250. The zero-order valence-corrected chi connectivity index (χ0v) is 25.6. The summed E-state index contributed by atoms with van der Waals surface area (Å²) in [5, 5.41) is 44.4. The topological polar surface area (TPSA) is 203 Å². The zero-order chi connectivity index (χ0) is 33.3. The molecule has 1 aromatic rings. The van der Waals surface area contributed by atoms with Gasteiger partial charge in [-0.15, -0.1) is 0 Å². The molecule has 2 saturated carbocycles. The van der Waals surface area contributed by atoms with Crippen LogP contribution < -0.4 is 0 Å². The van der Waals surface area contributed by atoms with E-state index in [9.17, 15) is 44.4 Å². The van der Waals surface area contributed by atoms with Gasteiger partial charge in [0.1, 0.15) is 17.8 Å². The Morgan fingerprint density at radius 2 is 1.71 bits per heavy atom. The van der Waals surface area contributed by atoms with E-state index in [1.807, 2.05) is 0 Å². The average Bonchev–Trinajstić information content (AvgIpc) is 3.31. The lowest BCUT2D eigenvalue weighted by atomic mass is 9.46. The summed E-state index contributed by atoms with van der Waals surface area (Å²) >= 11 is 0. The third kappa shape index (κ3) is 4.70. The molecular formula is C32H38O13. The first-order valence-electron chi connectivity index (χ1n) is 14.8. The molecule has 0 radical (unpaired) electrons. The number of hydrogen-bond acceptors (Lipinski definition) is 13. The van der Waals surface area contributed by atoms with Crippen LogP contribution in [0.5, 0.6) is 0 Å². The van der Waals surface area contributed by atoms with Crippen molar-refractivity contribution in [2.75, 3.05) is 6.61 Å². The smallest absolute Gasteiger partial charge is 0.457 e. The van der Waals surface area contributed by atoms with Crippen molar-refractivity contribution in [2.45, 2.75) is 95.6 Å². The van der Waals surface area contributed by atoms with Gasteiger partial charge in [0.25, 0.3) is 0 Å². The molecule has 4 N–H and O–H groups in total. The van der Waals surface area contributed by atoms with Crippen LogP contribution in [0.3, 0.4) is 0 Å². The summed E-state index contributed by atoms with van der Waals surface area (Å²) in [4.78, 5) is 66.6. The zero-order valence-electron chi connectivity index (χ0n) is 25.6. The fraction of sp³-hybridized carbons (Fsp3) is 0.594. The molecule has 3 fully saturated rings. The molecule has 3 aliphatic carbocycles. The molecule has 1 aliphatic heterocycles. The molecule has 13 heteroatoms. The van der Waals surface area contributed by atoms with Crippen molar-refractivity contribution < 1.29 is 63.3 Å². The second-order valence-corrected chi connectivity index (χ2v) is 13.2. The fourth-order valence-electron chi connectivity index (χ4n) is 8.05. The van der Waals surface area contributed by atoms with Crippen molar-refractivity contribution in [3.8, 4) is 0 Å². The van der Waals surface area contributed by atoms with E-state index in [0.717, 1.165) is 6.92 Å². The first-order chi connectivity index (χ1) is 21.0. The summed E-state index contributed by atoms with van der Waals surface area (Å²) in [7, 11) is 0. The number of hydrogen-bond donors (Lipinski definition) is 4. The number of aliphatic hydroxyl groups excluding tert-OH is 3. The van der Waals surface area contributed by atoms with Crippen LogP contribution in [0.25, 0.3) is 0 Å². The van der Waals surface area contributed by atoms with E-state index in [-0.39, 0.29) is 29.6 Å². The Morgan fingerprint density at radius 3 is 2.31 bits per heavy atom. The molecule has 5 rings (SSSR count). The molecule has 45 heavy (non-hydrogen) atoms. The van der Waals surface area contributed by atoms with Crippen LogP contribution in [0.1, 0.15) is 65.5 Å². The first kappa shape index (κ1) is 32.7. The molecule has 2 bridgehead atoms. The van der Waals surface area contributed by atoms with Gasteiger partial charge in [-0.05, 0) is 36.5 Å². The Balaban J connectivity index is 1.64. The van der Waals surface area contributed by atoms with Crippen molar-refractivity contribution in [3.05, 3.63) is 47.0 Å². The Kier molecular flexibility index (Phi) is 8.01. The number of rotatable bonds is 6. The lowest BCUT2D eigenvalue weighted by Gasteiger charge is -2.60. The number of aliphatic hydroxyl groups is 4. The Bertz CT molecular complexity index is 1470. The van der Waals surface area contributed by atoms with Crippen molar-refractivity contribution >= 4 is 29.7 Å². The average molecular weight is 631 g/mol. The van der Waals surface area contributed by atoms with Crippen LogP contribution in [0.15, 0.2) is 41.5 Å². The molecule has 9 atom stereocenters. The summed E-state index contributed by atoms with van der Waals surface area (Å²) in [5.74, 6) is -4.93. The predicted octanol–water partition coefficient (Wildman–Crippen LogP) is 1.24. The molecule has 1 aromatic carbocycles. The first-order valence-corrected chi connectivity index (χ1v) is 14.8. The van der Waals surface area contributed by atoms with Crippen molar-refractivity contribution in [1.82, 2.24) is 0 Å². The predicted molar refractivity (Wildman–Crippen MR) is 151 cm³/mol. The number of fused-ring (bicyclic) bond motifs is 3. The van der Waals surface area contributed by atoms with E-state index in [2.05, 4.69) is 0 Å². The number of ketones is 2. The summed E-state index contributed by atoms with van der Waals surface area (Å²) in [5.41, 5.74) is -6.91. The molecule has 0 unspecified atom stereocenters. The second-order valence-electron chi connectivity index (χ2n) is 13.2. The van der Waals surface area contributed by atoms with Gasteiger partial charge in [-0.3, -0.25) is 14.4 Å². The highest BCUT2D eigenvalue weighted by atomic mass is 16.8. The third-order valence-electron chi connectivity index (χ3n) is 10.5. The van der Waals surface area contributed by atoms with Gasteiger partial charge in [-0.2, -0.15) is 0 Å². The number of allylic oxidation sites excluding steroid dienone is 1. The maximum atomic E-state index is 14.6. The molecule has 1 spiro atoms. The van der Waals surface area contributed by atoms with Gasteiger partial charge in [0.2, 0.25) is 0 Å². The number of esters is 2. The number of benzene rings is 1. The minimum Gasteiger partial charge on any atom is -0.457 e. The summed E-state index contributed by atoms with van der Waals surface area (Å²) in [6.07, 6.45) is -10.4. The molecule has 13 nitrogen and oxygen atoms in total. The van der Waals surface area contributed by atoms with Gasteiger partial charge < -0.3 is 39.4 Å². The largest absolute Gasteiger partial charge is 0.509 e. The summed E-state index contributed by atoms with van der Waals surface area (Å²) < 4.78 is 22.6. The number of ether oxygens (including phenoxy) is 4. The Hall–Kier alpha value is -3.65. The molecule has 0 amide bonds. The Morgan fingerprint density at radius 1 is 1.07 bits per heavy atom. The van der Waals surface area contributed by atoms with Gasteiger partial charge in [-0.25, -0.2) is 9.59 Å². The van der Waals surface area contributed by atoms with E-state index in [1.165, 1.54) is 26.0 Å². The summed E-state index contributed by atoms with van der Waals surface area (Å²) in [6, 6.07) is 7.85. The Labute approximate surface area is 259 Å². The van der Waals surface area contributed by atoms with Crippen molar-refractivity contribution in [1.29, 1.82) is 0 Å². The van der Waals surface area contributed by atoms with Crippen molar-refractivity contribution in [2.24, 2.45) is 16.7 Å². The number of carbonyl (C=O) groups is 5. The molecule has 1 saturated heterocycles. The van der Waals surface area contributed by atoms with Crippen LogP contribution >= 0.6 is 0 Å². The fourth-order valence-corrected chi connectivity index (χ4v) is 8.05. The highest BCUT2D eigenvalue weighted by Crippen LogP contribution is 2.64. The SMILES string of the molecule is CC(=O)O[C@H]1C(=O)[C@]2(C)CC[C@H](OC(=O)[C@@H](O)[C@H](O)c3ccccc3)[C@@](O)(CO)[C@H]2[C@@H]2OC(=O)O[C@]23CC(=O)C(C)=C1C3(C)C. The van der Waals surface area contributed by atoms with Gasteiger partial charge >= 0.3 is 18.1 Å². The molecule has 0 aromatic heterocycles. The normalized spacial score (nSPS) is 36.8. The lowest BCUT2D eigenvalue weighted by Crippen LogP contribution is -2.74. The monoisotopic (exact) mass is 630 g/mol. The number of Topliss-reactive ketones (excluding diaryl/α,β-unsaturated/α-hetero) is 2. The molecule has 1 heterocycles. The van der Waals surface area contributed by atoms with Crippen molar-refractivity contribution in [3.63, 3.8) is 0 Å². The standard InChI is InChI=1S/C32H38O13/c1-15-18(35)13-32-26(44-28(40)45-32)24-30(5,25(38)23(42-16(2)34)20(15)29(32,3)4)12-11-19(31(24,41)14-33)43-27(39)22(37)21(36)17-9-7-6-8-10-17/h6-10,19,21-24,26,33,36-37,41H,11-14H2,1-5H3/t19-,21+,22-,23+,24-,26-,30+,31-,32+/m0/s1. The van der Waals surface area contributed by atoms with Gasteiger partial charge in [0.15, 0.2) is 35.5 Å². The van der Waals surface area contributed by atoms with Crippen LogP contribution in [-0.4, -0.2) is 92.3 Å². The minimum absolute atomic E-state index is 0.128. The van der Waals surface area contributed by atoms with E-state index < -0.39 is 101 Å². The molecule has 4 aliphatic rings. The second kappa shape index (κ2) is 11.0. The van der Waals surface area contributed by atoms with Crippen LogP contribution in [-0.2, 0) is 38.1 Å². The van der Waals surface area contributed by atoms with E-state index in [4.69, 9.17) is 18.9 Å². The maximum Gasteiger partial charge on any atom is 0.509 e. The van der Waals surface area contributed by atoms with E-state index in [0.29, 0.717) is 0 Å². The van der Waals surface area contributed by atoms with E-state index in [1.54, 1.807) is 32.0 Å². The minimum atomic E-state index is -2.52. The van der Waals surface area contributed by atoms with Gasteiger partial charge in [0.05, 0.1) is 13.0 Å². The van der Waals surface area contributed by atoms with Crippen LogP contribution in [0.2, 0.25) is 0 Å². The van der Waals surface area contributed by atoms with Gasteiger partial charge in [-0.1, -0.05) is 51.1 Å². The van der Waals surface area contributed by atoms with E-state index >= 15 is 0 Å². The highest BCUT2D eigenvalue weighted by Gasteiger charge is 2.76. The molecular weight excluding hydrogens is 592 g/mol. The highest BCUT2D eigenvalue weighted by molar-refractivity contribution is 6.03. The quantitative estimate of drug-likeness (QED) is 0.258. The summed E-state index contributed by atoms with van der Waals surface area (Å²) in [6.45, 7) is 6.17. The van der Waals surface area contributed by atoms with Crippen LogP contribution in [0, 0.1) is 16.7 Å². The third-order valence-corrected chi connectivity index (χ3v) is 10.5. The maximum absolute atomic E-state index is 14.6.